The van der Waals surface area contributed by atoms with Gasteiger partial charge in [0.2, 0.25) is 11.9 Å². The van der Waals surface area contributed by atoms with Gasteiger partial charge >= 0.3 is 0 Å². The molecule has 136 valence electrons. The van der Waals surface area contributed by atoms with Crippen molar-refractivity contribution in [2.75, 3.05) is 23.3 Å². The van der Waals surface area contributed by atoms with Gasteiger partial charge in [0.15, 0.2) is 0 Å². The van der Waals surface area contributed by atoms with Crippen molar-refractivity contribution >= 4 is 17.5 Å². The van der Waals surface area contributed by atoms with Gasteiger partial charge in [-0.05, 0) is 68.7 Å². The maximum atomic E-state index is 12.8. The van der Waals surface area contributed by atoms with E-state index < -0.39 is 0 Å². The number of carbonyl (C=O) groups is 1. The van der Waals surface area contributed by atoms with Crippen LogP contribution in [0.25, 0.3) is 0 Å². The van der Waals surface area contributed by atoms with Gasteiger partial charge in [-0.1, -0.05) is 12.1 Å². The van der Waals surface area contributed by atoms with Crippen molar-refractivity contribution in [1.82, 2.24) is 9.97 Å². The van der Waals surface area contributed by atoms with E-state index in [4.69, 9.17) is 4.98 Å². The molecule has 1 aliphatic heterocycles. The molecular formula is C21H26N4O. The number of carbonyl (C=O) groups excluding carboxylic acids is 1. The van der Waals surface area contributed by atoms with Crippen LogP contribution in [-0.4, -0.2) is 29.0 Å². The number of anilines is 2. The standard InChI is InChI=1S/C21H26N4O/c1-14-6-5-7-18(15(14)2)23-20(26)16-8-9-19-17(12-16)13-22-21(24-19)25-10-3-4-11-25/h5-7,13,16H,3-4,8-12H2,1-2H3,(H,23,26)/t16-/m1/s1. The van der Waals surface area contributed by atoms with Gasteiger partial charge in [0.25, 0.3) is 0 Å². The molecule has 1 amide bonds. The number of benzene rings is 1. The molecule has 0 saturated carbocycles. The topological polar surface area (TPSA) is 58.1 Å². The summed E-state index contributed by atoms with van der Waals surface area (Å²) in [5.74, 6) is 0.955. The van der Waals surface area contributed by atoms with E-state index in [0.29, 0.717) is 0 Å². The quantitative estimate of drug-likeness (QED) is 0.921. The molecule has 2 heterocycles. The Labute approximate surface area is 154 Å². The Balaban J connectivity index is 1.46. The lowest BCUT2D eigenvalue weighted by atomic mass is 9.86. The van der Waals surface area contributed by atoms with Crippen LogP contribution < -0.4 is 10.2 Å². The average Bonchev–Trinajstić information content (AvgIpc) is 3.19. The predicted molar refractivity (Wildman–Crippen MR) is 104 cm³/mol. The number of aromatic nitrogens is 2. The number of aryl methyl sites for hydroxylation is 2. The van der Waals surface area contributed by atoms with Gasteiger partial charge in [0, 0.05) is 36.6 Å². The van der Waals surface area contributed by atoms with E-state index in [-0.39, 0.29) is 11.8 Å². The van der Waals surface area contributed by atoms with E-state index in [9.17, 15) is 4.79 Å². The molecule has 1 atom stereocenters. The number of nitrogens with zero attached hydrogens (tertiary/aromatic N) is 3. The normalized spacial score (nSPS) is 19.3. The summed E-state index contributed by atoms with van der Waals surface area (Å²) in [6.45, 7) is 6.23. The molecule has 1 aliphatic carbocycles. The lowest BCUT2D eigenvalue weighted by Gasteiger charge is -2.25. The summed E-state index contributed by atoms with van der Waals surface area (Å²) in [5.41, 5.74) is 5.50. The maximum absolute atomic E-state index is 12.8. The molecule has 5 nitrogen and oxygen atoms in total. The van der Waals surface area contributed by atoms with Crippen LogP contribution in [0.3, 0.4) is 0 Å². The van der Waals surface area contributed by atoms with E-state index in [1.165, 1.54) is 18.4 Å². The van der Waals surface area contributed by atoms with Crippen molar-refractivity contribution in [3.63, 3.8) is 0 Å². The molecule has 5 heteroatoms. The minimum Gasteiger partial charge on any atom is -0.341 e. The smallest absolute Gasteiger partial charge is 0.227 e. The van der Waals surface area contributed by atoms with E-state index in [1.807, 2.05) is 18.3 Å². The zero-order valence-corrected chi connectivity index (χ0v) is 15.6. The van der Waals surface area contributed by atoms with Crippen molar-refractivity contribution in [2.24, 2.45) is 5.92 Å². The highest BCUT2D eigenvalue weighted by Gasteiger charge is 2.27. The number of hydrogen-bond donors (Lipinski definition) is 1. The highest BCUT2D eigenvalue weighted by atomic mass is 16.1. The van der Waals surface area contributed by atoms with Gasteiger partial charge in [-0.25, -0.2) is 9.97 Å². The van der Waals surface area contributed by atoms with Crippen LogP contribution in [0.2, 0.25) is 0 Å². The van der Waals surface area contributed by atoms with E-state index >= 15 is 0 Å². The van der Waals surface area contributed by atoms with Crippen LogP contribution in [0.1, 0.15) is 41.6 Å². The summed E-state index contributed by atoms with van der Waals surface area (Å²) in [4.78, 5) is 24.4. The van der Waals surface area contributed by atoms with E-state index in [0.717, 1.165) is 60.8 Å². The molecule has 2 aromatic rings. The number of rotatable bonds is 3. The molecule has 0 bridgehead atoms. The number of hydrogen-bond acceptors (Lipinski definition) is 4. The minimum absolute atomic E-state index is 0.0105. The van der Waals surface area contributed by atoms with Crippen LogP contribution in [0.5, 0.6) is 0 Å². The summed E-state index contributed by atoms with van der Waals surface area (Å²) in [5, 5.41) is 3.12. The molecule has 1 saturated heterocycles. The summed E-state index contributed by atoms with van der Waals surface area (Å²) in [6.07, 6.45) is 6.81. The van der Waals surface area contributed by atoms with Crippen LogP contribution in [0.15, 0.2) is 24.4 Å². The predicted octanol–water partition coefficient (Wildman–Crippen LogP) is 3.44. The Kier molecular flexibility index (Phi) is 4.62. The molecular weight excluding hydrogens is 324 g/mol. The van der Waals surface area contributed by atoms with Gasteiger partial charge in [-0.3, -0.25) is 4.79 Å². The van der Waals surface area contributed by atoms with Gasteiger partial charge in [0.1, 0.15) is 0 Å². The van der Waals surface area contributed by atoms with Gasteiger partial charge in [-0.15, -0.1) is 0 Å². The first-order chi connectivity index (χ1) is 12.6. The number of amides is 1. The molecule has 1 fully saturated rings. The second-order valence-corrected chi connectivity index (χ2v) is 7.51. The van der Waals surface area contributed by atoms with Crippen molar-refractivity contribution in [2.45, 2.75) is 46.0 Å². The third-order valence-corrected chi connectivity index (χ3v) is 5.76. The fraction of sp³-hybridized carbons (Fsp3) is 0.476. The first kappa shape index (κ1) is 17.0. The molecule has 1 aromatic heterocycles. The molecule has 1 aromatic carbocycles. The van der Waals surface area contributed by atoms with E-state index in [1.54, 1.807) is 0 Å². The second-order valence-electron chi connectivity index (χ2n) is 7.51. The Morgan fingerprint density at radius 3 is 2.85 bits per heavy atom. The third kappa shape index (κ3) is 3.30. The summed E-state index contributed by atoms with van der Waals surface area (Å²) >= 11 is 0. The Morgan fingerprint density at radius 1 is 1.23 bits per heavy atom. The largest absolute Gasteiger partial charge is 0.341 e. The Hall–Kier alpha value is -2.43. The van der Waals surface area contributed by atoms with Crippen molar-refractivity contribution in [3.05, 3.63) is 46.8 Å². The SMILES string of the molecule is Cc1cccc(NC(=O)[C@@H]2CCc3nc(N4CCCC4)ncc3C2)c1C. The zero-order valence-electron chi connectivity index (χ0n) is 15.6. The molecule has 0 unspecified atom stereocenters. The van der Waals surface area contributed by atoms with E-state index in [2.05, 4.69) is 35.1 Å². The highest BCUT2D eigenvalue weighted by Crippen LogP contribution is 2.28. The van der Waals surface area contributed by atoms with Gasteiger partial charge in [0.05, 0.1) is 0 Å². The van der Waals surface area contributed by atoms with Crippen LogP contribution in [0, 0.1) is 19.8 Å². The lowest BCUT2D eigenvalue weighted by Crippen LogP contribution is -2.30. The monoisotopic (exact) mass is 350 g/mol. The first-order valence-corrected chi connectivity index (χ1v) is 9.58. The fourth-order valence-electron chi connectivity index (χ4n) is 3.91. The Morgan fingerprint density at radius 2 is 2.04 bits per heavy atom. The fourth-order valence-corrected chi connectivity index (χ4v) is 3.91. The number of nitrogens with one attached hydrogen (secondary N) is 1. The zero-order chi connectivity index (χ0) is 18.1. The third-order valence-electron chi connectivity index (χ3n) is 5.76. The molecule has 4 rings (SSSR count). The van der Waals surface area contributed by atoms with Crippen LogP contribution in [0.4, 0.5) is 11.6 Å². The van der Waals surface area contributed by atoms with Crippen LogP contribution >= 0.6 is 0 Å². The molecule has 0 radical (unpaired) electrons. The lowest BCUT2D eigenvalue weighted by molar-refractivity contribution is -0.120. The Bertz CT molecular complexity index is 827. The highest BCUT2D eigenvalue weighted by molar-refractivity contribution is 5.93. The average molecular weight is 350 g/mol. The summed E-state index contributed by atoms with van der Waals surface area (Å²) < 4.78 is 0. The van der Waals surface area contributed by atoms with Crippen molar-refractivity contribution < 1.29 is 4.79 Å². The number of fused-ring (bicyclic) bond motifs is 1. The molecule has 2 aliphatic rings. The van der Waals surface area contributed by atoms with Crippen LogP contribution in [-0.2, 0) is 17.6 Å². The van der Waals surface area contributed by atoms with Gasteiger partial charge < -0.3 is 10.2 Å². The first-order valence-electron chi connectivity index (χ1n) is 9.58. The van der Waals surface area contributed by atoms with Gasteiger partial charge in [-0.2, -0.15) is 0 Å². The maximum Gasteiger partial charge on any atom is 0.227 e. The van der Waals surface area contributed by atoms with Crippen molar-refractivity contribution in [3.8, 4) is 0 Å². The summed E-state index contributed by atoms with van der Waals surface area (Å²) in [7, 11) is 0. The minimum atomic E-state index is -0.0105. The molecule has 26 heavy (non-hydrogen) atoms. The molecule has 1 N–H and O–H groups in total. The molecule has 0 spiro atoms. The second kappa shape index (κ2) is 7.06. The summed E-state index contributed by atoms with van der Waals surface area (Å²) in [6, 6.07) is 6.03. The van der Waals surface area contributed by atoms with Crippen molar-refractivity contribution in [1.29, 1.82) is 0 Å².